The molecule has 1 saturated carbocycles. The van der Waals surface area contributed by atoms with Crippen LogP contribution in [0, 0.1) is 0 Å². The molecule has 5 heteroatoms. The topological polar surface area (TPSA) is 66.6 Å². The standard InChI is InChI=1S/C24H29N3O2/c1-2-3-11-21-16-26(22(28)17-27(21)23(29)24(25)13-14-24)20-12-7-10-19(15-20)18-8-5-4-6-9-18/h4-10,12,15,21H,2-3,11,13-14,16-17,25H2,1H3. The van der Waals surface area contributed by atoms with Crippen molar-refractivity contribution in [2.45, 2.75) is 50.6 Å². The molecule has 1 saturated heterocycles. The van der Waals surface area contributed by atoms with Gasteiger partial charge in [-0.05, 0) is 42.5 Å². The van der Waals surface area contributed by atoms with Gasteiger partial charge in [-0.3, -0.25) is 9.59 Å². The zero-order chi connectivity index (χ0) is 20.4. The summed E-state index contributed by atoms with van der Waals surface area (Å²) in [4.78, 5) is 29.5. The Hall–Kier alpha value is -2.66. The van der Waals surface area contributed by atoms with E-state index in [-0.39, 0.29) is 24.4 Å². The lowest BCUT2D eigenvalue weighted by Crippen LogP contribution is -2.61. The number of nitrogens with two attached hydrogens (primary N) is 1. The fraction of sp³-hybridized carbons (Fsp3) is 0.417. The van der Waals surface area contributed by atoms with Crippen LogP contribution in [0.4, 0.5) is 5.69 Å². The Kier molecular flexibility index (Phi) is 5.41. The monoisotopic (exact) mass is 391 g/mol. The molecule has 2 aliphatic rings. The molecular weight excluding hydrogens is 362 g/mol. The van der Waals surface area contributed by atoms with Gasteiger partial charge in [0.1, 0.15) is 6.54 Å². The average molecular weight is 392 g/mol. The molecule has 5 nitrogen and oxygen atoms in total. The average Bonchev–Trinajstić information content (AvgIpc) is 3.51. The predicted molar refractivity (Wildman–Crippen MR) is 115 cm³/mol. The summed E-state index contributed by atoms with van der Waals surface area (Å²) in [7, 11) is 0. The number of rotatable bonds is 6. The maximum atomic E-state index is 13.0. The molecule has 1 atom stereocenters. The summed E-state index contributed by atoms with van der Waals surface area (Å²) >= 11 is 0. The van der Waals surface area contributed by atoms with E-state index in [0.717, 1.165) is 48.9 Å². The van der Waals surface area contributed by atoms with Gasteiger partial charge in [0.05, 0.1) is 11.6 Å². The first-order chi connectivity index (χ1) is 14.0. The number of anilines is 1. The molecule has 0 aromatic heterocycles. The van der Waals surface area contributed by atoms with E-state index in [4.69, 9.17) is 5.73 Å². The minimum absolute atomic E-state index is 0.0153. The minimum Gasteiger partial charge on any atom is -0.327 e. The van der Waals surface area contributed by atoms with Gasteiger partial charge in [0.25, 0.3) is 0 Å². The zero-order valence-corrected chi connectivity index (χ0v) is 17.0. The normalized spacial score (nSPS) is 20.6. The Morgan fingerprint density at radius 2 is 1.83 bits per heavy atom. The smallest absolute Gasteiger partial charge is 0.246 e. The lowest BCUT2D eigenvalue weighted by Gasteiger charge is -2.42. The number of carbonyl (C=O) groups excluding carboxylic acids is 2. The number of carbonyl (C=O) groups is 2. The lowest BCUT2D eigenvalue weighted by atomic mass is 10.0. The van der Waals surface area contributed by atoms with Gasteiger partial charge in [-0.15, -0.1) is 0 Å². The highest BCUT2D eigenvalue weighted by molar-refractivity contribution is 6.00. The minimum atomic E-state index is -0.736. The molecule has 0 spiro atoms. The van der Waals surface area contributed by atoms with Crippen molar-refractivity contribution in [3.63, 3.8) is 0 Å². The molecular formula is C24H29N3O2. The van der Waals surface area contributed by atoms with Crippen molar-refractivity contribution in [3.8, 4) is 11.1 Å². The molecule has 1 aliphatic heterocycles. The number of hydrogen-bond donors (Lipinski definition) is 1. The van der Waals surface area contributed by atoms with Crippen LogP contribution >= 0.6 is 0 Å². The third kappa shape index (κ3) is 4.06. The van der Waals surface area contributed by atoms with E-state index < -0.39 is 5.54 Å². The van der Waals surface area contributed by atoms with Crippen molar-refractivity contribution < 1.29 is 9.59 Å². The Morgan fingerprint density at radius 3 is 2.52 bits per heavy atom. The molecule has 2 amide bonds. The Bertz CT molecular complexity index is 892. The highest BCUT2D eigenvalue weighted by Crippen LogP contribution is 2.36. The van der Waals surface area contributed by atoms with Crippen LogP contribution in [0.3, 0.4) is 0 Å². The fourth-order valence-electron chi connectivity index (χ4n) is 4.06. The van der Waals surface area contributed by atoms with Crippen LogP contribution in [-0.4, -0.2) is 41.4 Å². The third-order valence-corrected chi connectivity index (χ3v) is 6.07. The van der Waals surface area contributed by atoms with Crippen molar-refractivity contribution >= 4 is 17.5 Å². The molecule has 4 rings (SSSR count). The molecule has 152 valence electrons. The van der Waals surface area contributed by atoms with Crippen molar-refractivity contribution in [3.05, 3.63) is 54.6 Å². The van der Waals surface area contributed by atoms with Crippen LogP contribution in [0.5, 0.6) is 0 Å². The summed E-state index contributed by atoms with van der Waals surface area (Å²) in [5.74, 6) is -0.0924. The van der Waals surface area contributed by atoms with Gasteiger partial charge in [-0.2, -0.15) is 0 Å². The van der Waals surface area contributed by atoms with E-state index in [1.54, 1.807) is 4.90 Å². The second-order valence-corrected chi connectivity index (χ2v) is 8.31. The van der Waals surface area contributed by atoms with Gasteiger partial charge in [0.2, 0.25) is 11.8 Å². The van der Waals surface area contributed by atoms with E-state index in [9.17, 15) is 9.59 Å². The van der Waals surface area contributed by atoms with Gasteiger partial charge < -0.3 is 15.5 Å². The van der Waals surface area contributed by atoms with Gasteiger partial charge in [0.15, 0.2) is 0 Å². The van der Waals surface area contributed by atoms with Crippen LogP contribution in [0.15, 0.2) is 54.6 Å². The number of hydrogen-bond acceptors (Lipinski definition) is 3. The number of amides is 2. The number of benzene rings is 2. The van der Waals surface area contributed by atoms with E-state index in [1.807, 2.05) is 35.2 Å². The maximum Gasteiger partial charge on any atom is 0.246 e. The van der Waals surface area contributed by atoms with Crippen LogP contribution in [0.25, 0.3) is 11.1 Å². The second kappa shape index (κ2) is 7.99. The summed E-state index contributed by atoms with van der Waals surface area (Å²) in [6.45, 7) is 2.78. The summed E-state index contributed by atoms with van der Waals surface area (Å²) in [5, 5.41) is 0. The summed E-state index contributed by atoms with van der Waals surface area (Å²) < 4.78 is 0. The molecule has 2 aromatic rings. The molecule has 0 radical (unpaired) electrons. The third-order valence-electron chi connectivity index (χ3n) is 6.07. The molecule has 2 aromatic carbocycles. The summed E-state index contributed by atoms with van der Waals surface area (Å²) in [6.07, 6.45) is 4.42. The fourth-order valence-corrected chi connectivity index (χ4v) is 4.06. The largest absolute Gasteiger partial charge is 0.327 e. The number of piperazine rings is 1. The molecule has 2 N–H and O–H groups in total. The first kappa shape index (κ1) is 19.6. The summed E-state index contributed by atoms with van der Waals surface area (Å²) in [6, 6.07) is 18.3. The Labute approximate surface area is 172 Å². The van der Waals surface area contributed by atoms with Gasteiger partial charge >= 0.3 is 0 Å². The van der Waals surface area contributed by atoms with Gasteiger partial charge in [-0.25, -0.2) is 0 Å². The first-order valence-corrected chi connectivity index (χ1v) is 10.6. The van der Waals surface area contributed by atoms with Crippen molar-refractivity contribution in [1.82, 2.24) is 4.90 Å². The molecule has 2 fully saturated rings. The molecule has 1 aliphatic carbocycles. The van der Waals surface area contributed by atoms with Gasteiger partial charge in [-0.1, -0.05) is 62.2 Å². The van der Waals surface area contributed by atoms with Crippen molar-refractivity contribution in [2.75, 3.05) is 18.0 Å². The van der Waals surface area contributed by atoms with E-state index in [1.165, 1.54) is 0 Å². The molecule has 1 unspecified atom stereocenters. The quantitative estimate of drug-likeness (QED) is 0.818. The summed E-state index contributed by atoms with van der Waals surface area (Å²) in [5.41, 5.74) is 8.53. The number of unbranched alkanes of at least 4 members (excludes halogenated alkanes) is 1. The van der Waals surface area contributed by atoms with Crippen LogP contribution in [0.2, 0.25) is 0 Å². The highest BCUT2D eigenvalue weighted by Gasteiger charge is 2.51. The molecule has 1 heterocycles. The number of nitrogens with zero attached hydrogens (tertiary/aromatic N) is 2. The lowest BCUT2D eigenvalue weighted by molar-refractivity contribution is -0.141. The zero-order valence-electron chi connectivity index (χ0n) is 17.0. The predicted octanol–water partition coefficient (Wildman–Crippen LogP) is 3.58. The Balaban J connectivity index is 1.58. The second-order valence-electron chi connectivity index (χ2n) is 8.31. The van der Waals surface area contributed by atoms with Crippen LogP contribution in [0.1, 0.15) is 39.0 Å². The van der Waals surface area contributed by atoms with E-state index in [2.05, 4.69) is 31.2 Å². The maximum absolute atomic E-state index is 13.0. The Morgan fingerprint density at radius 1 is 1.10 bits per heavy atom. The first-order valence-electron chi connectivity index (χ1n) is 10.6. The van der Waals surface area contributed by atoms with Crippen LogP contribution in [-0.2, 0) is 9.59 Å². The highest BCUT2D eigenvalue weighted by atomic mass is 16.2. The van der Waals surface area contributed by atoms with E-state index in [0.29, 0.717) is 6.54 Å². The van der Waals surface area contributed by atoms with Crippen LogP contribution < -0.4 is 10.6 Å². The van der Waals surface area contributed by atoms with Gasteiger partial charge in [0, 0.05) is 12.2 Å². The molecule has 0 bridgehead atoms. The SMILES string of the molecule is CCCCC1CN(c2cccc(-c3ccccc3)c2)C(=O)CN1C(=O)C1(N)CC1. The van der Waals surface area contributed by atoms with Crippen molar-refractivity contribution in [1.29, 1.82) is 0 Å². The molecule has 29 heavy (non-hydrogen) atoms. The van der Waals surface area contributed by atoms with E-state index >= 15 is 0 Å². The van der Waals surface area contributed by atoms with Crippen molar-refractivity contribution in [2.24, 2.45) is 5.73 Å².